The quantitative estimate of drug-likeness (QED) is 0.138. The van der Waals surface area contributed by atoms with Crippen LogP contribution in [-0.4, -0.2) is 82.2 Å². The Bertz CT molecular complexity index is 1170. The maximum atomic E-state index is 13.3. The van der Waals surface area contributed by atoms with Crippen molar-refractivity contribution in [2.24, 2.45) is 0 Å². The molecule has 4 atom stereocenters. The zero-order valence-corrected chi connectivity index (χ0v) is 22.8. The van der Waals surface area contributed by atoms with E-state index in [2.05, 4.69) is 14.5 Å². The molecule has 1 aromatic heterocycles. The molecule has 18 heteroatoms. The predicted octanol–water partition coefficient (Wildman–Crippen LogP) is 2.11. The topological polar surface area (TPSA) is 203 Å². The highest BCUT2D eigenvalue weighted by Crippen LogP contribution is 2.50. The summed E-state index contributed by atoms with van der Waals surface area (Å²) in [5, 5.41) is 21.7. The van der Waals surface area contributed by atoms with Crippen molar-refractivity contribution in [3.05, 3.63) is 27.4 Å². The Balaban J connectivity index is 2.25. The molecule has 1 aromatic rings. The number of aliphatic hydroxyl groups excluding tert-OH is 1. The minimum Gasteiger partial charge on any atom is -0.432 e. The minimum absolute atomic E-state index is 0.222. The second-order valence-corrected chi connectivity index (χ2v) is 10.3. The van der Waals surface area contributed by atoms with Gasteiger partial charge in [0.2, 0.25) is 13.6 Å². The first-order valence-electron chi connectivity index (χ1n) is 12.0. The zero-order chi connectivity index (χ0) is 30.5. The standard InChI is InChI=1S/C20H31N2O14PS/c1-11(2)34-18(25)29-9-32-37(28,33-10-30-19(26)35-12(3)4)31-8-13-15(24)20(5,27)16(36-13)22-7-6-14(23)21-17(22)38/h6-7,11-13,15-16,24,27H,8-10H2,1-5H3,(H,21,23,38)/t13-,15+,16-,20?/m1/s1/i8D2. The highest BCUT2D eigenvalue weighted by molar-refractivity contribution is 7.71. The molecule has 2 rings (SSSR count). The molecule has 1 aliphatic heterocycles. The van der Waals surface area contributed by atoms with Crippen molar-refractivity contribution in [3.8, 4) is 0 Å². The normalized spacial score (nSPS) is 24.6. The number of nitrogens with one attached hydrogen (secondary N) is 1. The van der Waals surface area contributed by atoms with Crippen LogP contribution in [0.2, 0.25) is 0 Å². The molecule has 0 aromatic carbocycles. The van der Waals surface area contributed by atoms with Gasteiger partial charge >= 0.3 is 20.1 Å². The van der Waals surface area contributed by atoms with Crippen LogP contribution in [0.4, 0.5) is 9.59 Å². The van der Waals surface area contributed by atoms with Crippen molar-refractivity contribution < 1.29 is 64.4 Å². The first-order valence-corrected chi connectivity index (χ1v) is 12.9. The number of nitrogens with zero attached hydrogens (tertiary/aromatic N) is 1. The maximum Gasteiger partial charge on any atom is 0.510 e. The fraction of sp³-hybridized carbons (Fsp3) is 0.700. The summed E-state index contributed by atoms with van der Waals surface area (Å²) in [5.41, 5.74) is -2.79. The van der Waals surface area contributed by atoms with Gasteiger partial charge in [0, 0.05) is 12.3 Å². The lowest BCUT2D eigenvalue weighted by Gasteiger charge is -2.28. The molecule has 2 heterocycles. The molecule has 1 unspecified atom stereocenters. The smallest absolute Gasteiger partial charge is 0.432 e. The summed E-state index contributed by atoms with van der Waals surface area (Å²) in [6.07, 6.45) is -8.12. The van der Waals surface area contributed by atoms with Gasteiger partial charge in [-0.25, -0.2) is 23.2 Å². The van der Waals surface area contributed by atoms with Crippen LogP contribution in [0.3, 0.4) is 0 Å². The fourth-order valence-electron chi connectivity index (χ4n) is 2.79. The summed E-state index contributed by atoms with van der Waals surface area (Å²) < 4.78 is 69.4. The third kappa shape index (κ3) is 9.13. The predicted molar refractivity (Wildman–Crippen MR) is 127 cm³/mol. The molecule has 16 nitrogen and oxygen atoms in total. The summed E-state index contributed by atoms with van der Waals surface area (Å²) in [6.45, 7) is 1.68. The van der Waals surface area contributed by atoms with E-state index in [1.54, 1.807) is 0 Å². The van der Waals surface area contributed by atoms with Gasteiger partial charge < -0.3 is 33.9 Å². The van der Waals surface area contributed by atoms with E-state index >= 15 is 0 Å². The van der Waals surface area contributed by atoms with Gasteiger partial charge in [-0.15, -0.1) is 0 Å². The van der Waals surface area contributed by atoms with E-state index in [4.69, 9.17) is 42.7 Å². The van der Waals surface area contributed by atoms with Gasteiger partial charge in [0.25, 0.3) is 5.56 Å². The van der Waals surface area contributed by atoms with Crippen molar-refractivity contribution in [2.45, 2.75) is 70.9 Å². The Labute approximate surface area is 225 Å². The molecule has 38 heavy (non-hydrogen) atoms. The van der Waals surface area contributed by atoms with Gasteiger partial charge in [-0.3, -0.25) is 18.9 Å². The molecule has 0 saturated carbocycles. The van der Waals surface area contributed by atoms with Crippen LogP contribution in [0, 0.1) is 4.77 Å². The fourth-order valence-corrected chi connectivity index (χ4v) is 3.83. The molecule has 1 saturated heterocycles. The van der Waals surface area contributed by atoms with Crippen LogP contribution >= 0.6 is 20.0 Å². The van der Waals surface area contributed by atoms with Crippen molar-refractivity contribution in [1.82, 2.24) is 9.55 Å². The number of rotatable bonds is 12. The van der Waals surface area contributed by atoms with Crippen molar-refractivity contribution >= 4 is 32.4 Å². The first kappa shape index (κ1) is 28.6. The summed E-state index contributed by atoms with van der Waals surface area (Å²) in [7, 11) is -5.14. The Morgan fingerprint density at radius 2 is 1.71 bits per heavy atom. The number of hydrogen-bond donors (Lipinski definition) is 3. The number of phosphoric acid groups is 1. The minimum atomic E-state index is -5.14. The highest BCUT2D eigenvalue weighted by Gasteiger charge is 2.53. The van der Waals surface area contributed by atoms with E-state index in [9.17, 15) is 29.2 Å². The maximum absolute atomic E-state index is 13.3. The number of aliphatic hydroxyl groups is 2. The van der Waals surface area contributed by atoms with E-state index in [0.717, 1.165) is 23.8 Å². The average Bonchev–Trinajstić information content (AvgIpc) is 3.02. The summed E-state index contributed by atoms with van der Waals surface area (Å²) >= 11 is 5.05. The first-order chi connectivity index (χ1) is 18.4. The lowest BCUT2D eigenvalue weighted by atomic mass is 9.96. The summed E-state index contributed by atoms with van der Waals surface area (Å²) in [5.74, 6) is 0. The van der Waals surface area contributed by atoms with Gasteiger partial charge in [-0.05, 0) is 46.8 Å². The van der Waals surface area contributed by atoms with Crippen LogP contribution in [0.1, 0.15) is 43.6 Å². The Kier molecular flexibility index (Phi) is 10.3. The van der Waals surface area contributed by atoms with E-state index in [1.807, 2.05) is 0 Å². The zero-order valence-electron chi connectivity index (χ0n) is 23.1. The molecule has 1 fully saturated rings. The van der Waals surface area contributed by atoms with Gasteiger partial charge in [0.05, 0.1) is 21.5 Å². The number of hydrogen-bond acceptors (Lipinski definition) is 15. The molecule has 0 amide bonds. The number of carbonyl (C=O) groups is 2. The summed E-state index contributed by atoms with van der Waals surface area (Å²) in [6, 6.07) is 1.05. The average molecular weight is 589 g/mol. The lowest BCUT2D eigenvalue weighted by molar-refractivity contribution is -0.0984. The van der Waals surface area contributed by atoms with Crippen molar-refractivity contribution in [2.75, 3.05) is 20.1 Å². The van der Waals surface area contributed by atoms with Gasteiger partial charge in [-0.1, -0.05) is 0 Å². The van der Waals surface area contributed by atoms with Crippen LogP contribution in [0.15, 0.2) is 17.1 Å². The van der Waals surface area contributed by atoms with Gasteiger partial charge in [-0.2, -0.15) is 0 Å². The molecular weight excluding hydrogens is 555 g/mol. The second-order valence-electron chi connectivity index (χ2n) is 8.37. The van der Waals surface area contributed by atoms with Crippen LogP contribution < -0.4 is 5.56 Å². The number of aromatic amines is 1. The van der Waals surface area contributed by atoms with Gasteiger partial charge in [0.15, 0.2) is 11.0 Å². The SMILES string of the molecule is [2H]C([2H])(OP(=O)(OCOC(=O)OC(C)C)OCOC(=O)OC(C)C)[C@H]1O[C@@H](n2ccc(=O)[nH]c2=S)C(C)(O)[C@H]1O. The number of aromatic nitrogens is 2. The van der Waals surface area contributed by atoms with E-state index in [0.29, 0.717) is 0 Å². The molecule has 216 valence electrons. The van der Waals surface area contributed by atoms with Crippen LogP contribution in [-0.2, 0) is 41.8 Å². The van der Waals surface area contributed by atoms with E-state index < -0.39 is 82.1 Å². The van der Waals surface area contributed by atoms with Crippen molar-refractivity contribution in [1.29, 1.82) is 0 Å². The van der Waals surface area contributed by atoms with Gasteiger partial charge in [0.1, 0.15) is 17.8 Å². The molecule has 1 aliphatic rings. The third-order valence-electron chi connectivity index (χ3n) is 4.48. The Morgan fingerprint density at radius 1 is 1.18 bits per heavy atom. The van der Waals surface area contributed by atoms with E-state index in [1.165, 1.54) is 27.7 Å². The Morgan fingerprint density at radius 3 is 2.18 bits per heavy atom. The van der Waals surface area contributed by atoms with E-state index in [-0.39, 0.29) is 4.77 Å². The summed E-state index contributed by atoms with van der Waals surface area (Å²) in [4.78, 5) is 37.0. The van der Waals surface area contributed by atoms with Crippen LogP contribution in [0.5, 0.6) is 0 Å². The van der Waals surface area contributed by atoms with Crippen LogP contribution in [0.25, 0.3) is 0 Å². The molecule has 0 bridgehead atoms. The largest absolute Gasteiger partial charge is 0.510 e. The number of H-pyrrole nitrogens is 1. The monoisotopic (exact) mass is 588 g/mol. The molecular formula is C20H31N2O14PS. The third-order valence-corrected chi connectivity index (χ3v) is 5.97. The number of ether oxygens (including phenoxy) is 5. The highest BCUT2D eigenvalue weighted by atomic mass is 32.1. The molecule has 0 spiro atoms. The lowest BCUT2D eigenvalue weighted by Crippen LogP contribution is -2.44. The number of carbonyl (C=O) groups excluding carboxylic acids is 2. The molecule has 0 radical (unpaired) electrons. The molecule has 0 aliphatic carbocycles. The molecule has 3 N–H and O–H groups in total. The van der Waals surface area contributed by atoms with Crippen molar-refractivity contribution in [3.63, 3.8) is 0 Å². The Hall–Kier alpha value is -2.37. The second kappa shape index (κ2) is 13.6. The number of phosphoric ester groups is 1.